The van der Waals surface area contributed by atoms with Crippen molar-refractivity contribution in [3.05, 3.63) is 36.3 Å². The zero-order valence-electron chi connectivity index (χ0n) is 11.0. The van der Waals surface area contributed by atoms with Crippen LogP contribution in [0.2, 0.25) is 0 Å². The number of nitrogens with zero attached hydrogens (tertiary/aromatic N) is 2. The standard InChI is InChI=1S/C12H12N2O.C2H6O/c1-15-10-3-2-9-4-5-14-8-13-7-12(14)11(9)6-10;1-3-2/h2-3,6-8H,4-5H2,1H3;1-2H3. The average Bonchev–Trinajstić information content (AvgIpc) is 2.87. The summed E-state index contributed by atoms with van der Waals surface area (Å²) in [5.41, 5.74) is 3.82. The molecule has 0 amide bonds. The van der Waals surface area contributed by atoms with E-state index in [1.807, 2.05) is 18.6 Å². The number of imidazole rings is 1. The van der Waals surface area contributed by atoms with Crippen LogP contribution >= 0.6 is 0 Å². The zero-order chi connectivity index (χ0) is 13.0. The van der Waals surface area contributed by atoms with Gasteiger partial charge in [-0.25, -0.2) is 4.98 Å². The summed E-state index contributed by atoms with van der Waals surface area (Å²) in [6.45, 7) is 1.02. The van der Waals surface area contributed by atoms with E-state index in [2.05, 4.69) is 26.4 Å². The molecule has 2 heterocycles. The van der Waals surface area contributed by atoms with Gasteiger partial charge in [0.15, 0.2) is 0 Å². The number of hydrogen-bond donors (Lipinski definition) is 0. The summed E-state index contributed by atoms with van der Waals surface area (Å²) in [5, 5.41) is 0. The third-order valence-electron chi connectivity index (χ3n) is 2.93. The Morgan fingerprint density at radius 2 is 2.00 bits per heavy atom. The molecule has 0 spiro atoms. The quantitative estimate of drug-likeness (QED) is 0.775. The van der Waals surface area contributed by atoms with Crippen LogP contribution < -0.4 is 4.74 Å². The van der Waals surface area contributed by atoms with Gasteiger partial charge >= 0.3 is 0 Å². The van der Waals surface area contributed by atoms with Crippen LogP contribution in [0.1, 0.15) is 5.56 Å². The van der Waals surface area contributed by atoms with Gasteiger partial charge in [-0.15, -0.1) is 0 Å². The third-order valence-corrected chi connectivity index (χ3v) is 2.93. The molecule has 18 heavy (non-hydrogen) atoms. The van der Waals surface area contributed by atoms with E-state index in [9.17, 15) is 0 Å². The van der Waals surface area contributed by atoms with E-state index in [0.717, 1.165) is 18.7 Å². The fourth-order valence-corrected chi connectivity index (χ4v) is 2.10. The second-order valence-electron chi connectivity index (χ2n) is 4.15. The number of fused-ring (bicyclic) bond motifs is 3. The van der Waals surface area contributed by atoms with Crippen molar-refractivity contribution in [1.82, 2.24) is 9.55 Å². The molecule has 0 saturated carbocycles. The molecule has 0 saturated heterocycles. The van der Waals surface area contributed by atoms with Gasteiger partial charge in [0.1, 0.15) is 5.75 Å². The average molecular weight is 246 g/mol. The number of rotatable bonds is 1. The van der Waals surface area contributed by atoms with Crippen LogP contribution in [-0.2, 0) is 17.7 Å². The first kappa shape index (κ1) is 12.6. The molecule has 1 aliphatic heterocycles. The van der Waals surface area contributed by atoms with E-state index in [1.54, 1.807) is 21.3 Å². The van der Waals surface area contributed by atoms with E-state index < -0.39 is 0 Å². The van der Waals surface area contributed by atoms with Crippen LogP contribution in [0.5, 0.6) is 5.75 Å². The zero-order valence-corrected chi connectivity index (χ0v) is 11.0. The lowest BCUT2D eigenvalue weighted by molar-refractivity contribution is 0.277. The maximum Gasteiger partial charge on any atom is 0.119 e. The number of aromatic nitrogens is 2. The Morgan fingerprint density at radius 1 is 1.22 bits per heavy atom. The van der Waals surface area contributed by atoms with Crippen LogP contribution in [0, 0.1) is 0 Å². The number of aryl methyl sites for hydroxylation is 2. The Morgan fingerprint density at radius 3 is 2.72 bits per heavy atom. The van der Waals surface area contributed by atoms with Crippen molar-refractivity contribution in [3.63, 3.8) is 0 Å². The Labute approximate surface area is 107 Å². The molecule has 0 radical (unpaired) electrons. The van der Waals surface area contributed by atoms with E-state index in [1.165, 1.54) is 16.8 Å². The van der Waals surface area contributed by atoms with Crippen molar-refractivity contribution in [2.45, 2.75) is 13.0 Å². The minimum Gasteiger partial charge on any atom is -0.497 e. The lowest BCUT2D eigenvalue weighted by atomic mass is 9.98. The summed E-state index contributed by atoms with van der Waals surface area (Å²) in [6.07, 6.45) is 4.87. The molecule has 1 aliphatic rings. The largest absolute Gasteiger partial charge is 0.497 e. The van der Waals surface area contributed by atoms with Crippen molar-refractivity contribution in [1.29, 1.82) is 0 Å². The maximum atomic E-state index is 5.24. The van der Waals surface area contributed by atoms with Crippen molar-refractivity contribution in [2.24, 2.45) is 0 Å². The maximum absolute atomic E-state index is 5.24. The summed E-state index contributed by atoms with van der Waals surface area (Å²) in [4.78, 5) is 4.18. The minimum atomic E-state index is 0.906. The van der Waals surface area contributed by atoms with Crippen molar-refractivity contribution >= 4 is 0 Å². The van der Waals surface area contributed by atoms with Gasteiger partial charge < -0.3 is 14.0 Å². The number of ether oxygens (including phenoxy) is 2. The monoisotopic (exact) mass is 246 g/mol. The van der Waals surface area contributed by atoms with Gasteiger partial charge in [0.05, 0.1) is 25.3 Å². The normalized spacial score (nSPS) is 11.9. The first-order valence-electron chi connectivity index (χ1n) is 5.87. The molecule has 4 nitrogen and oxygen atoms in total. The molecule has 4 heteroatoms. The topological polar surface area (TPSA) is 36.3 Å². The molecule has 0 bridgehead atoms. The van der Waals surface area contributed by atoms with Gasteiger partial charge in [0.25, 0.3) is 0 Å². The fraction of sp³-hybridized carbons (Fsp3) is 0.357. The van der Waals surface area contributed by atoms with Gasteiger partial charge in [-0.2, -0.15) is 0 Å². The highest BCUT2D eigenvalue weighted by atomic mass is 16.5. The molecule has 96 valence electrons. The summed E-state index contributed by atoms with van der Waals surface area (Å²) in [7, 11) is 4.95. The van der Waals surface area contributed by atoms with E-state index in [-0.39, 0.29) is 0 Å². The molecule has 1 aromatic heterocycles. The number of methoxy groups -OCH3 is 2. The smallest absolute Gasteiger partial charge is 0.119 e. The van der Waals surface area contributed by atoms with E-state index >= 15 is 0 Å². The number of benzene rings is 1. The van der Waals surface area contributed by atoms with Gasteiger partial charge in [-0.1, -0.05) is 6.07 Å². The van der Waals surface area contributed by atoms with Crippen LogP contribution in [0.4, 0.5) is 0 Å². The minimum absolute atomic E-state index is 0.906. The molecular weight excluding hydrogens is 228 g/mol. The highest BCUT2D eigenvalue weighted by Crippen LogP contribution is 2.31. The van der Waals surface area contributed by atoms with Crippen LogP contribution in [0.3, 0.4) is 0 Å². The molecule has 0 unspecified atom stereocenters. The predicted molar refractivity (Wildman–Crippen MR) is 70.9 cm³/mol. The molecule has 3 rings (SSSR count). The molecular formula is C14H18N2O2. The van der Waals surface area contributed by atoms with Gasteiger partial charge in [0.2, 0.25) is 0 Å². The van der Waals surface area contributed by atoms with Gasteiger partial charge in [0, 0.05) is 26.3 Å². The molecule has 0 N–H and O–H groups in total. The Kier molecular flexibility index (Phi) is 3.99. The predicted octanol–water partition coefficient (Wildman–Crippen LogP) is 2.38. The highest BCUT2D eigenvalue weighted by Gasteiger charge is 2.16. The van der Waals surface area contributed by atoms with Gasteiger partial charge in [-0.3, -0.25) is 0 Å². The fourth-order valence-electron chi connectivity index (χ4n) is 2.10. The molecule has 0 fully saturated rings. The lowest BCUT2D eigenvalue weighted by Gasteiger charge is -2.18. The Bertz CT molecular complexity index is 520. The van der Waals surface area contributed by atoms with Crippen LogP contribution in [0.25, 0.3) is 11.3 Å². The summed E-state index contributed by atoms with van der Waals surface area (Å²) in [6, 6.07) is 6.25. The summed E-state index contributed by atoms with van der Waals surface area (Å²) in [5.74, 6) is 0.906. The second-order valence-corrected chi connectivity index (χ2v) is 4.15. The molecule has 0 aliphatic carbocycles. The first-order chi connectivity index (χ1) is 8.80. The summed E-state index contributed by atoms with van der Waals surface area (Å²) < 4.78 is 11.7. The van der Waals surface area contributed by atoms with E-state index in [4.69, 9.17) is 4.74 Å². The first-order valence-corrected chi connectivity index (χ1v) is 5.87. The summed E-state index contributed by atoms with van der Waals surface area (Å²) >= 11 is 0. The third kappa shape index (κ3) is 2.38. The Hall–Kier alpha value is -1.81. The Balaban J connectivity index is 0.000000367. The van der Waals surface area contributed by atoms with Crippen molar-refractivity contribution < 1.29 is 9.47 Å². The van der Waals surface area contributed by atoms with E-state index in [0.29, 0.717) is 0 Å². The molecule has 2 aromatic rings. The molecule has 1 aromatic carbocycles. The van der Waals surface area contributed by atoms with Crippen LogP contribution in [0.15, 0.2) is 30.7 Å². The second kappa shape index (κ2) is 5.69. The highest BCUT2D eigenvalue weighted by molar-refractivity contribution is 5.67. The van der Waals surface area contributed by atoms with Crippen LogP contribution in [-0.4, -0.2) is 30.9 Å². The van der Waals surface area contributed by atoms with Crippen molar-refractivity contribution in [3.8, 4) is 17.0 Å². The number of hydrogen-bond acceptors (Lipinski definition) is 3. The van der Waals surface area contributed by atoms with Gasteiger partial charge in [-0.05, 0) is 24.1 Å². The lowest BCUT2D eigenvalue weighted by Crippen LogP contribution is -2.09. The SMILES string of the molecule is COC.COc1ccc2c(c1)-c1cncn1CC2. The molecule has 0 atom stereocenters. The van der Waals surface area contributed by atoms with Crippen molar-refractivity contribution in [2.75, 3.05) is 21.3 Å².